The number of carbonyl (C=O) groups excluding carboxylic acids is 2. The number of hydrogen-bond donors (Lipinski definition) is 2. The Labute approximate surface area is 143 Å². The van der Waals surface area contributed by atoms with Gasteiger partial charge in [0, 0.05) is 23.2 Å². The summed E-state index contributed by atoms with van der Waals surface area (Å²) in [6.07, 6.45) is 0. The van der Waals surface area contributed by atoms with Crippen molar-refractivity contribution in [2.75, 3.05) is 0 Å². The van der Waals surface area contributed by atoms with Crippen molar-refractivity contribution in [3.63, 3.8) is 0 Å². The second-order valence-corrected chi connectivity index (χ2v) is 6.41. The molecule has 0 aliphatic carbocycles. The zero-order valence-corrected chi connectivity index (χ0v) is 14.6. The minimum Gasteiger partial charge on any atom is -0.350 e. The van der Waals surface area contributed by atoms with Crippen molar-refractivity contribution >= 4 is 11.8 Å². The average Bonchev–Trinajstić information content (AvgIpc) is 2.54. The van der Waals surface area contributed by atoms with Gasteiger partial charge in [0.1, 0.15) is 0 Å². The largest absolute Gasteiger partial charge is 0.350 e. The molecule has 0 heterocycles. The van der Waals surface area contributed by atoms with Crippen molar-refractivity contribution in [3.8, 4) is 11.1 Å². The molecule has 2 rings (SSSR count). The van der Waals surface area contributed by atoms with Crippen molar-refractivity contribution in [1.29, 1.82) is 0 Å². The van der Waals surface area contributed by atoms with Gasteiger partial charge in [0.25, 0.3) is 11.8 Å². The van der Waals surface area contributed by atoms with E-state index in [4.69, 9.17) is 0 Å². The summed E-state index contributed by atoms with van der Waals surface area (Å²) in [6, 6.07) is 15.1. The zero-order chi connectivity index (χ0) is 17.7. The molecule has 2 aromatic carbocycles. The Morgan fingerprint density at radius 2 is 1.25 bits per heavy atom. The van der Waals surface area contributed by atoms with E-state index in [0.717, 1.165) is 11.1 Å². The van der Waals surface area contributed by atoms with E-state index in [0.29, 0.717) is 11.1 Å². The maximum atomic E-state index is 12.1. The van der Waals surface area contributed by atoms with E-state index in [1.54, 1.807) is 18.2 Å². The monoisotopic (exact) mass is 324 g/mol. The van der Waals surface area contributed by atoms with Gasteiger partial charge < -0.3 is 10.6 Å². The van der Waals surface area contributed by atoms with Crippen LogP contribution in [0.1, 0.15) is 48.4 Å². The van der Waals surface area contributed by atoms with E-state index in [1.807, 2.05) is 58.0 Å². The summed E-state index contributed by atoms with van der Waals surface area (Å²) < 4.78 is 0. The first-order chi connectivity index (χ1) is 11.4. The normalized spacial score (nSPS) is 10.8. The van der Waals surface area contributed by atoms with Gasteiger partial charge in [0.15, 0.2) is 0 Å². The van der Waals surface area contributed by atoms with Gasteiger partial charge in [-0.2, -0.15) is 0 Å². The summed E-state index contributed by atoms with van der Waals surface area (Å²) in [5.74, 6) is -0.165. The molecule has 0 aromatic heterocycles. The van der Waals surface area contributed by atoms with Crippen LogP contribution in [-0.2, 0) is 0 Å². The van der Waals surface area contributed by atoms with Crippen LogP contribution in [0.3, 0.4) is 0 Å². The van der Waals surface area contributed by atoms with Gasteiger partial charge in [-0.25, -0.2) is 0 Å². The fourth-order valence-corrected chi connectivity index (χ4v) is 2.35. The van der Waals surface area contributed by atoms with Gasteiger partial charge in [0.2, 0.25) is 0 Å². The van der Waals surface area contributed by atoms with Crippen LogP contribution in [0.4, 0.5) is 0 Å². The van der Waals surface area contributed by atoms with E-state index < -0.39 is 0 Å². The van der Waals surface area contributed by atoms with Gasteiger partial charge in [-0.15, -0.1) is 0 Å². The van der Waals surface area contributed by atoms with Crippen molar-refractivity contribution in [2.45, 2.75) is 39.8 Å². The Hall–Kier alpha value is -2.62. The average molecular weight is 324 g/mol. The number of nitrogens with one attached hydrogen (secondary N) is 2. The zero-order valence-electron chi connectivity index (χ0n) is 14.6. The maximum Gasteiger partial charge on any atom is 0.251 e. The molecule has 0 atom stereocenters. The first-order valence-corrected chi connectivity index (χ1v) is 8.19. The van der Waals surface area contributed by atoms with Crippen molar-refractivity contribution in [1.82, 2.24) is 10.6 Å². The molecule has 2 amide bonds. The van der Waals surface area contributed by atoms with Crippen LogP contribution >= 0.6 is 0 Å². The molecule has 4 heteroatoms. The number of benzene rings is 2. The lowest BCUT2D eigenvalue weighted by atomic mass is 10.0. The molecule has 2 aromatic rings. The standard InChI is InChI=1S/C20H24N2O2/c1-13(2)21-19(23)16-10-8-15(9-11-16)17-6-5-7-18(12-17)20(24)22-14(3)4/h5-14H,1-4H3,(H,21,23)(H,22,24). The van der Waals surface area contributed by atoms with Crippen LogP contribution < -0.4 is 10.6 Å². The number of carbonyl (C=O) groups is 2. The Morgan fingerprint density at radius 3 is 1.79 bits per heavy atom. The SMILES string of the molecule is CC(C)NC(=O)c1ccc(-c2cccc(C(=O)NC(C)C)c2)cc1. The van der Waals surface area contributed by atoms with Gasteiger partial charge in [-0.1, -0.05) is 24.3 Å². The Morgan fingerprint density at radius 1 is 0.708 bits per heavy atom. The Bertz CT molecular complexity index is 719. The summed E-state index contributed by atoms with van der Waals surface area (Å²) in [5, 5.41) is 5.76. The van der Waals surface area contributed by atoms with E-state index in [1.165, 1.54) is 0 Å². The molecule has 0 unspecified atom stereocenters. The van der Waals surface area contributed by atoms with E-state index >= 15 is 0 Å². The summed E-state index contributed by atoms with van der Waals surface area (Å²) in [4.78, 5) is 24.1. The van der Waals surface area contributed by atoms with Crippen molar-refractivity contribution in [2.24, 2.45) is 0 Å². The molecule has 0 saturated heterocycles. The summed E-state index contributed by atoms with van der Waals surface area (Å²) >= 11 is 0. The molecular formula is C20H24N2O2. The van der Waals surface area contributed by atoms with Crippen molar-refractivity contribution < 1.29 is 9.59 Å². The van der Waals surface area contributed by atoms with E-state index in [9.17, 15) is 9.59 Å². The third kappa shape index (κ3) is 4.69. The highest BCUT2D eigenvalue weighted by Gasteiger charge is 2.10. The second kappa shape index (κ2) is 7.77. The molecule has 2 N–H and O–H groups in total. The van der Waals surface area contributed by atoms with Gasteiger partial charge in [-0.05, 0) is 63.1 Å². The van der Waals surface area contributed by atoms with Crippen LogP contribution in [0.5, 0.6) is 0 Å². The lowest BCUT2D eigenvalue weighted by Gasteiger charge is -2.11. The fraction of sp³-hybridized carbons (Fsp3) is 0.300. The number of amides is 2. The van der Waals surface area contributed by atoms with Gasteiger partial charge in [-0.3, -0.25) is 9.59 Å². The maximum absolute atomic E-state index is 12.1. The van der Waals surface area contributed by atoms with Crippen LogP contribution in [0.25, 0.3) is 11.1 Å². The number of rotatable bonds is 5. The highest BCUT2D eigenvalue weighted by Crippen LogP contribution is 2.21. The molecule has 126 valence electrons. The first-order valence-electron chi connectivity index (χ1n) is 8.19. The lowest BCUT2D eigenvalue weighted by molar-refractivity contribution is 0.0934. The van der Waals surface area contributed by atoms with Crippen LogP contribution in [0.2, 0.25) is 0 Å². The highest BCUT2D eigenvalue weighted by atomic mass is 16.2. The highest BCUT2D eigenvalue weighted by molar-refractivity contribution is 5.96. The molecule has 0 spiro atoms. The third-order valence-corrected chi connectivity index (χ3v) is 3.44. The Kier molecular flexibility index (Phi) is 5.74. The molecule has 0 aliphatic heterocycles. The van der Waals surface area contributed by atoms with Gasteiger partial charge in [0.05, 0.1) is 0 Å². The van der Waals surface area contributed by atoms with Crippen LogP contribution in [-0.4, -0.2) is 23.9 Å². The van der Waals surface area contributed by atoms with E-state index in [-0.39, 0.29) is 23.9 Å². The molecule has 0 saturated carbocycles. The second-order valence-electron chi connectivity index (χ2n) is 6.41. The summed E-state index contributed by atoms with van der Waals surface area (Å²) in [6.45, 7) is 7.73. The van der Waals surface area contributed by atoms with Crippen LogP contribution in [0.15, 0.2) is 48.5 Å². The molecule has 4 nitrogen and oxygen atoms in total. The number of hydrogen-bond acceptors (Lipinski definition) is 2. The topological polar surface area (TPSA) is 58.2 Å². The lowest BCUT2D eigenvalue weighted by Crippen LogP contribution is -2.30. The molecule has 0 aliphatic rings. The molecular weight excluding hydrogens is 300 g/mol. The van der Waals surface area contributed by atoms with Gasteiger partial charge >= 0.3 is 0 Å². The van der Waals surface area contributed by atoms with E-state index in [2.05, 4.69) is 10.6 Å². The molecule has 0 radical (unpaired) electrons. The molecule has 24 heavy (non-hydrogen) atoms. The minimum absolute atomic E-state index is 0.0818. The predicted octanol–water partition coefficient (Wildman–Crippen LogP) is 3.63. The third-order valence-electron chi connectivity index (χ3n) is 3.44. The quantitative estimate of drug-likeness (QED) is 0.882. The molecule has 0 fully saturated rings. The van der Waals surface area contributed by atoms with Crippen LogP contribution in [0, 0.1) is 0 Å². The minimum atomic E-state index is -0.0835. The first kappa shape index (κ1) is 17.7. The summed E-state index contributed by atoms with van der Waals surface area (Å²) in [5.41, 5.74) is 3.17. The molecule has 0 bridgehead atoms. The Balaban J connectivity index is 2.20. The van der Waals surface area contributed by atoms with Crippen molar-refractivity contribution in [3.05, 3.63) is 59.7 Å². The smallest absolute Gasteiger partial charge is 0.251 e. The fourth-order valence-electron chi connectivity index (χ4n) is 2.35. The summed E-state index contributed by atoms with van der Waals surface area (Å²) in [7, 11) is 0. The predicted molar refractivity (Wildman–Crippen MR) is 97.1 cm³/mol.